The highest BCUT2D eigenvalue weighted by Crippen LogP contribution is 2.40. The number of primary amides is 1. The van der Waals surface area contributed by atoms with Crippen molar-refractivity contribution in [1.29, 1.82) is 0 Å². The summed E-state index contributed by atoms with van der Waals surface area (Å²) in [5, 5.41) is 10.00. The lowest BCUT2D eigenvalue weighted by Crippen LogP contribution is -2.35. The first-order valence-electron chi connectivity index (χ1n) is 11.1. The minimum Gasteiger partial charge on any atom is -0.455 e. The third-order valence-corrected chi connectivity index (χ3v) is 5.61. The molecule has 0 saturated heterocycles. The van der Waals surface area contributed by atoms with Gasteiger partial charge in [0, 0.05) is 12.0 Å². The number of amides is 3. The van der Waals surface area contributed by atoms with Gasteiger partial charge in [-0.25, -0.2) is 9.48 Å². The predicted octanol–water partition coefficient (Wildman–Crippen LogP) is 3.34. The normalized spacial score (nSPS) is 13.7. The second-order valence-corrected chi connectivity index (χ2v) is 8.31. The number of benzene rings is 2. The summed E-state index contributed by atoms with van der Waals surface area (Å²) in [6.07, 6.45) is 2.01. The van der Waals surface area contributed by atoms with E-state index >= 15 is 0 Å². The maximum absolute atomic E-state index is 12.6. The molecule has 2 aromatic carbocycles. The predicted molar refractivity (Wildman–Crippen MR) is 126 cm³/mol. The lowest BCUT2D eigenvalue weighted by molar-refractivity contribution is -0.147. The number of ether oxygens (including phenoxy) is 1. The number of carbonyl (C=O) groups is 3. The van der Waals surface area contributed by atoms with E-state index in [0.29, 0.717) is 11.7 Å². The fourth-order valence-electron chi connectivity index (χ4n) is 3.77. The molecule has 0 spiro atoms. The Morgan fingerprint density at radius 3 is 2.50 bits per heavy atom. The van der Waals surface area contributed by atoms with Crippen LogP contribution >= 0.6 is 0 Å². The first kappa shape index (κ1) is 23.0. The van der Waals surface area contributed by atoms with E-state index < -0.39 is 30.6 Å². The highest BCUT2D eigenvalue weighted by molar-refractivity contribution is 5.92. The minimum absolute atomic E-state index is 0.158. The van der Waals surface area contributed by atoms with Crippen molar-refractivity contribution in [3.8, 4) is 5.69 Å². The van der Waals surface area contributed by atoms with Gasteiger partial charge < -0.3 is 21.1 Å². The quantitative estimate of drug-likeness (QED) is 0.421. The van der Waals surface area contributed by atoms with Crippen LogP contribution in [-0.4, -0.2) is 34.3 Å². The van der Waals surface area contributed by atoms with E-state index in [9.17, 15) is 14.4 Å². The molecule has 0 radical (unpaired) electrons. The van der Waals surface area contributed by atoms with Crippen molar-refractivity contribution in [3.05, 3.63) is 77.5 Å². The SMILES string of the molecule is Cc1ccccc1C(CC(=O)OCC(=O)Nc1cc(C2CC2)nn1-c1ccccc1)NC(N)=O. The van der Waals surface area contributed by atoms with E-state index in [0.717, 1.165) is 35.3 Å². The van der Waals surface area contributed by atoms with E-state index in [1.807, 2.05) is 61.5 Å². The molecule has 1 aliphatic carbocycles. The van der Waals surface area contributed by atoms with Crippen LogP contribution in [0.25, 0.3) is 5.69 Å². The number of para-hydroxylation sites is 1. The van der Waals surface area contributed by atoms with Gasteiger partial charge in [-0.15, -0.1) is 0 Å². The number of hydrogen-bond acceptors (Lipinski definition) is 5. The average Bonchev–Trinajstić information content (AvgIpc) is 3.58. The monoisotopic (exact) mass is 461 g/mol. The van der Waals surface area contributed by atoms with Crippen LogP contribution in [0, 0.1) is 6.92 Å². The summed E-state index contributed by atoms with van der Waals surface area (Å²) >= 11 is 0. The minimum atomic E-state index is -0.751. The van der Waals surface area contributed by atoms with Crippen LogP contribution in [0.4, 0.5) is 10.6 Å². The largest absolute Gasteiger partial charge is 0.455 e. The van der Waals surface area contributed by atoms with E-state index in [2.05, 4.69) is 15.7 Å². The van der Waals surface area contributed by atoms with Gasteiger partial charge in [0.1, 0.15) is 5.82 Å². The molecular formula is C25H27N5O4. The molecule has 1 atom stereocenters. The number of hydrogen-bond donors (Lipinski definition) is 3. The third kappa shape index (κ3) is 5.80. The molecule has 0 bridgehead atoms. The van der Waals surface area contributed by atoms with Crippen LogP contribution in [0.2, 0.25) is 0 Å². The standard InChI is InChI=1S/C25H27N5O4/c1-16-7-5-6-10-19(16)21(27-25(26)33)14-24(32)34-15-23(31)28-22-13-20(17-11-12-17)29-30(22)18-8-3-2-4-9-18/h2-10,13,17,21H,11-12,14-15H2,1H3,(H,28,31)(H3,26,27,33). The zero-order valence-corrected chi connectivity index (χ0v) is 18.9. The Labute approximate surface area is 197 Å². The van der Waals surface area contributed by atoms with Gasteiger partial charge >= 0.3 is 12.0 Å². The molecule has 0 aliphatic heterocycles. The number of urea groups is 1. The van der Waals surface area contributed by atoms with Gasteiger partial charge in [0.2, 0.25) is 0 Å². The first-order chi connectivity index (χ1) is 16.4. The molecule has 1 fully saturated rings. The van der Waals surface area contributed by atoms with E-state index in [1.54, 1.807) is 10.7 Å². The second-order valence-electron chi connectivity index (χ2n) is 8.31. The Hall–Kier alpha value is -4.14. The van der Waals surface area contributed by atoms with E-state index in [1.165, 1.54) is 0 Å². The molecule has 1 aromatic heterocycles. The molecule has 4 N–H and O–H groups in total. The second kappa shape index (κ2) is 10.2. The number of nitrogens with zero attached hydrogens (tertiary/aromatic N) is 2. The van der Waals surface area contributed by atoms with Gasteiger partial charge in [-0.2, -0.15) is 5.10 Å². The number of nitrogens with one attached hydrogen (secondary N) is 2. The molecule has 4 rings (SSSR count). The zero-order valence-electron chi connectivity index (χ0n) is 18.9. The Bertz CT molecular complexity index is 1190. The van der Waals surface area contributed by atoms with Crippen molar-refractivity contribution in [3.63, 3.8) is 0 Å². The first-order valence-corrected chi connectivity index (χ1v) is 11.1. The summed E-state index contributed by atoms with van der Waals surface area (Å²) < 4.78 is 6.87. The summed E-state index contributed by atoms with van der Waals surface area (Å²) in [7, 11) is 0. The molecule has 1 aliphatic rings. The lowest BCUT2D eigenvalue weighted by atomic mass is 9.99. The van der Waals surface area contributed by atoms with Crippen LogP contribution in [0.1, 0.15) is 48.0 Å². The molecular weight excluding hydrogens is 434 g/mol. The number of aryl methyl sites for hydroxylation is 1. The summed E-state index contributed by atoms with van der Waals surface area (Å²) in [4.78, 5) is 36.5. The average molecular weight is 462 g/mol. The van der Waals surface area contributed by atoms with Crippen LogP contribution in [0.15, 0.2) is 60.7 Å². The van der Waals surface area contributed by atoms with Gasteiger partial charge in [-0.3, -0.25) is 9.59 Å². The van der Waals surface area contributed by atoms with Crippen molar-refractivity contribution in [2.75, 3.05) is 11.9 Å². The van der Waals surface area contributed by atoms with Crippen molar-refractivity contribution in [2.24, 2.45) is 5.73 Å². The molecule has 3 amide bonds. The van der Waals surface area contributed by atoms with Crippen molar-refractivity contribution >= 4 is 23.7 Å². The van der Waals surface area contributed by atoms with Crippen molar-refractivity contribution in [1.82, 2.24) is 15.1 Å². The molecule has 1 saturated carbocycles. The Kier molecular flexibility index (Phi) is 6.91. The molecule has 176 valence electrons. The van der Waals surface area contributed by atoms with E-state index in [-0.39, 0.29) is 6.42 Å². The Balaban J connectivity index is 1.38. The van der Waals surface area contributed by atoms with Crippen LogP contribution < -0.4 is 16.4 Å². The number of esters is 1. The smallest absolute Gasteiger partial charge is 0.312 e. The molecule has 9 nitrogen and oxygen atoms in total. The number of nitrogens with two attached hydrogens (primary N) is 1. The topological polar surface area (TPSA) is 128 Å². The summed E-state index contributed by atoms with van der Waals surface area (Å²) in [5.74, 6) is -0.188. The van der Waals surface area contributed by atoms with Crippen LogP contribution in [0.5, 0.6) is 0 Å². The number of aromatic nitrogens is 2. The van der Waals surface area contributed by atoms with Crippen LogP contribution in [0.3, 0.4) is 0 Å². The number of carbonyl (C=O) groups excluding carboxylic acids is 3. The fraction of sp³-hybridized carbons (Fsp3) is 0.280. The highest BCUT2D eigenvalue weighted by Gasteiger charge is 2.28. The number of rotatable bonds is 9. The highest BCUT2D eigenvalue weighted by atomic mass is 16.5. The van der Waals surface area contributed by atoms with Gasteiger partial charge in [0.25, 0.3) is 5.91 Å². The van der Waals surface area contributed by atoms with Gasteiger partial charge in [0.15, 0.2) is 6.61 Å². The maximum atomic E-state index is 12.6. The zero-order chi connectivity index (χ0) is 24.1. The summed E-state index contributed by atoms with van der Waals surface area (Å²) in [6.45, 7) is 1.41. The van der Waals surface area contributed by atoms with Crippen molar-refractivity contribution in [2.45, 2.75) is 38.1 Å². The molecule has 3 aromatic rings. The third-order valence-electron chi connectivity index (χ3n) is 5.61. The molecule has 1 unspecified atom stereocenters. The van der Waals surface area contributed by atoms with Gasteiger partial charge in [-0.05, 0) is 43.0 Å². The Morgan fingerprint density at radius 2 is 1.82 bits per heavy atom. The van der Waals surface area contributed by atoms with Gasteiger partial charge in [0.05, 0.1) is 23.8 Å². The van der Waals surface area contributed by atoms with Crippen molar-refractivity contribution < 1.29 is 19.1 Å². The molecule has 34 heavy (non-hydrogen) atoms. The summed E-state index contributed by atoms with van der Waals surface area (Å²) in [6, 6.07) is 17.3. The summed E-state index contributed by atoms with van der Waals surface area (Å²) in [5.41, 5.74) is 8.67. The fourth-order valence-corrected chi connectivity index (χ4v) is 3.77. The maximum Gasteiger partial charge on any atom is 0.312 e. The lowest BCUT2D eigenvalue weighted by Gasteiger charge is -2.19. The van der Waals surface area contributed by atoms with Crippen LogP contribution in [-0.2, 0) is 14.3 Å². The number of anilines is 1. The van der Waals surface area contributed by atoms with E-state index in [4.69, 9.17) is 10.5 Å². The van der Waals surface area contributed by atoms with Gasteiger partial charge in [-0.1, -0.05) is 42.5 Å². The Morgan fingerprint density at radius 1 is 1.12 bits per heavy atom. The molecule has 9 heteroatoms. The molecule has 1 heterocycles.